The Bertz CT molecular complexity index is 737. The average molecular weight is 304 g/mol. The lowest BCUT2D eigenvalue weighted by Crippen LogP contribution is -2.14. The molecule has 0 aliphatic rings. The van der Waals surface area contributed by atoms with Gasteiger partial charge in [-0.1, -0.05) is 23.4 Å². The Morgan fingerprint density at radius 1 is 1.43 bits per heavy atom. The van der Waals surface area contributed by atoms with Crippen molar-refractivity contribution in [3.05, 3.63) is 58.6 Å². The van der Waals surface area contributed by atoms with Crippen LogP contribution in [0.4, 0.5) is 10.1 Å². The van der Waals surface area contributed by atoms with Crippen LogP contribution in [0.15, 0.2) is 36.7 Å². The van der Waals surface area contributed by atoms with Gasteiger partial charge < -0.3 is 11.1 Å². The van der Waals surface area contributed by atoms with E-state index in [1.807, 2.05) is 0 Å². The highest BCUT2D eigenvalue weighted by atomic mass is 35.5. The lowest BCUT2D eigenvalue weighted by atomic mass is 10.2. The SMILES string of the molecule is NCC#Cc1cc(NC(=O)c2ccncc2F)ccc1Cl. The number of anilines is 1. The summed E-state index contributed by atoms with van der Waals surface area (Å²) in [5.41, 5.74) is 6.21. The van der Waals surface area contributed by atoms with Crippen LogP contribution in [0.3, 0.4) is 0 Å². The van der Waals surface area contributed by atoms with Crippen LogP contribution in [0.1, 0.15) is 15.9 Å². The molecule has 1 aromatic heterocycles. The Morgan fingerprint density at radius 3 is 2.95 bits per heavy atom. The van der Waals surface area contributed by atoms with Crippen molar-refractivity contribution in [1.82, 2.24) is 4.98 Å². The fourth-order valence-corrected chi connectivity index (χ4v) is 1.77. The van der Waals surface area contributed by atoms with Gasteiger partial charge in [-0.05, 0) is 24.3 Å². The smallest absolute Gasteiger partial charge is 0.258 e. The highest BCUT2D eigenvalue weighted by Crippen LogP contribution is 2.20. The van der Waals surface area contributed by atoms with Crippen LogP contribution in [0, 0.1) is 17.7 Å². The molecule has 0 saturated carbocycles. The van der Waals surface area contributed by atoms with E-state index in [-0.39, 0.29) is 12.1 Å². The molecule has 106 valence electrons. The summed E-state index contributed by atoms with van der Waals surface area (Å²) in [6.45, 7) is 0.204. The van der Waals surface area contributed by atoms with E-state index in [0.29, 0.717) is 16.3 Å². The van der Waals surface area contributed by atoms with Crippen LogP contribution in [0.25, 0.3) is 0 Å². The largest absolute Gasteiger partial charge is 0.322 e. The molecule has 0 aliphatic heterocycles. The fraction of sp³-hybridized carbons (Fsp3) is 0.0667. The first-order valence-corrected chi connectivity index (χ1v) is 6.39. The molecular weight excluding hydrogens is 293 g/mol. The van der Waals surface area contributed by atoms with Gasteiger partial charge in [0.05, 0.1) is 23.3 Å². The van der Waals surface area contributed by atoms with Gasteiger partial charge in [0.1, 0.15) is 0 Å². The third-order valence-corrected chi connectivity index (χ3v) is 2.90. The Morgan fingerprint density at radius 2 is 2.24 bits per heavy atom. The van der Waals surface area contributed by atoms with Crippen LogP contribution in [0.5, 0.6) is 0 Å². The number of hydrogen-bond acceptors (Lipinski definition) is 3. The Hall–Kier alpha value is -2.42. The van der Waals surface area contributed by atoms with Crippen molar-refractivity contribution in [3.63, 3.8) is 0 Å². The number of carbonyl (C=O) groups excluding carboxylic acids is 1. The maximum atomic E-state index is 13.5. The molecular formula is C15H11ClFN3O. The fourth-order valence-electron chi connectivity index (χ4n) is 1.60. The number of halogens is 2. The molecule has 0 radical (unpaired) electrons. The minimum atomic E-state index is -0.688. The number of nitrogens with two attached hydrogens (primary N) is 1. The minimum Gasteiger partial charge on any atom is -0.322 e. The quantitative estimate of drug-likeness (QED) is 0.837. The van der Waals surface area contributed by atoms with Crippen LogP contribution in [-0.4, -0.2) is 17.4 Å². The number of hydrogen-bond donors (Lipinski definition) is 2. The molecule has 0 bridgehead atoms. The minimum absolute atomic E-state index is 0.0884. The van der Waals surface area contributed by atoms with E-state index >= 15 is 0 Å². The molecule has 3 N–H and O–H groups in total. The molecule has 21 heavy (non-hydrogen) atoms. The van der Waals surface area contributed by atoms with Gasteiger partial charge in [-0.15, -0.1) is 0 Å². The highest BCUT2D eigenvalue weighted by molar-refractivity contribution is 6.31. The zero-order chi connectivity index (χ0) is 15.2. The Balaban J connectivity index is 2.24. The second kappa shape index (κ2) is 6.84. The number of nitrogens with zero attached hydrogens (tertiary/aromatic N) is 1. The van der Waals surface area contributed by atoms with Crippen molar-refractivity contribution in [1.29, 1.82) is 0 Å². The van der Waals surface area contributed by atoms with Crippen molar-refractivity contribution in [2.24, 2.45) is 5.73 Å². The maximum Gasteiger partial charge on any atom is 0.258 e. The van der Waals surface area contributed by atoms with E-state index in [9.17, 15) is 9.18 Å². The molecule has 1 aromatic carbocycles. The summed E-state index contributed by atoms with van der Waals surface area (Å²) in [6.07, 6.45) is 2.33. The van der Waals surface area contributed by atoms with Crippen molar-refractivity contribution in [2.75, 3.05) is 11.9 Å². The third-order valence-electron chi connectivity index (χ3n) is 2.57. The van der Waals surface area contributed by atoms with Gasteiger partial charge in [0, 0.05) is 17.4 Å². The predicted octanol–water partition coefficient (Wildman–Crippen LogP) is 2.44. The van der Waals surface area contributed by atoms with E-state index in [1.54, 1.807) is 18.2 Å². The van der Waals surface area contributed by atoms with Crippen molar-refractivity contribution >= 4 is 23.2 Å². The summed E-state index contributed by atoms with van der Waals surface area (Å²) in [7, 11) is 0. The molecule has 4 nitrogen and oxygen atoms in total. The molecule has 0 atom stereocenters. The van der Waals surface area contributed by atoms with Crippen molar-refractivity contribution in [2.45, 2.75) is 0 Å². The number of nitrogens with one attached hydrogen (secondary N) is 1. The van der Waals surface area contributed by atoms with Crippen molar-refractivity contribution < 1.29 is 9.18 Å². The lowest BCUT2D eigenvalue weighted by molar-refractivity contribution is 0.102. The number of benzene rings is 1. The first-order valence-electron chi connectivity index (χ1n) is 6.01. The van der Waals surface area contributed by atoms with Gasteiger partial charge >= 0.3 is 0 Å². The number of carbonyl (C=O) groups is 1. The molecule has 2 rings (SSSR count). The Labute approximate surface area is 126 Å². The summed E-state index contributed by atoms with van der Waals surface area (Å²) in [6, 6.07) is 6.10. The van der Waals surface area contributed by atoms with E-state index in [2.05, 4.69) is 22.1 Å². The van der Waals surface area contributed by atoms with Gasteiger partial charge in [-0.3, -0.25) is 9.78 Å². The number of amides is 1. The average Bonchev–Trinajstić information content (AvgIpc) is 2.48. The third kappa shape index (κ3) is 3.78. The molecule has 0 unspecified atom stereocenters. The maximum absolute atomic E-state index is 13.5. The second-order valence-corrected chi connectivity index (χ2v) is 4.42. The molecule has 1 heterocycles. The van der Waals surface area contributed by atoms with E-state index in [4.69, 9.17) is 17.3 Å². The molecule has 2 aromatic rings. The number of aromatic nitrogens is 1. The van der Waals surface area contributed by atoms with Gasteiger partial charge in [-0.2, -0.15) is 0 Å². The molecule has 0 spiro atoms. The predicted molar refractivity (Wildman–Crippen MR) is 79.5 cm³/mol. The van der Waals surface area contributed by atoms with Gasteiger partial charge in [0.15, 0.2) is 5.82 Å². The molecule has 0 saturated heterocycles. The van der Waals surface area contributed by atoms with Crippen LogP contribution in [0.2, 0.25) is 5.02 Å². The van der Waals surface area contributed by atoms with Gasteiger partial charge in [0.25, 0.3) is 5.91 Å². The van der Waals surface area contributed by atoms with Crippen LogP contribution < -0.4 is 11.1 Å². The summed E-state index contributed by atoms with van der Waals surface area (Å²) >= 11 is 5.99. The van der Waals surface area contributed by atoms with E-state index in [1.165, 1.54) is 12.3 Å². The first kappa shape index (κ1) is 15.0. The summed E-state index contributed by atoms with van der Waals surface area (Å²) in [5.74, 6) is 4.21. The number of rotatable bonds is 2. The zero-order valence-corrected chi connectivity index (χ0v) is 11.6. The van der Waals surface area contributed by atoms with Gasteiger partial charge in [-0.25, -0.2) is 4.39 Å². The summed E-state index contributed by atoms with van der Waals surface area (Å²) in [4.78, 5) is 15.6. The normalized spacial score (nSPS) is 9.67. The first-order chi connectivity index (χ1) is 10.1. The summed E-state index contributed by atoms with van der Waals surface area (Å²) < 4.78 is 13.5. The highest BCUT2D eigenvalue weighted by Gasteiger charge is 2.12. The monoisotopic (exact) mass is 303 g/mol. The molecule has 1 amide bonds. The summed E-state index contributed by atoms with van der Waals surface area (Å²) in [5, 5.41) is 3.03. The number of pyridine rings is 1. The molecule has 0 fully saturated rings. The topological polar surface area (TPSA) is 68.0 Å². The van der Waals surface area contributed by atoms with Crippen LogP contribution in [-0.2, 0) is 0 Å². The standard InChI is InChI=1S/C15H11ClFN3O/c16-13-4-3-11(8-10(13)2-1-6-18)20-15(21)12-5-7-19-9-14(12)17/h3-5,7-9H,6,18H2,(H,20,21). The van der Waals surface area contributed by atoms with Crippen LogP contribution >= 0.6 is 11.6 Å². The van der Waals surface area contributed by atoms with E-state index in [0.717, 1.165) is 6.20 Å². The Kier molecular flexibility index (Phi) is 4.88. The molecule has 6 heteroatoms. The zero-order valence-electron chi connectivity index (χ0n) is 10.9. The molecule has 0 aliphatic carbocycles. The van der Waals surface area contributed by atoms with Crippen molar-refractivity contribution in [3.8, 4) is 11.8 Å². The van der Waals surface area contributed by atoms with Gasteiger partial charge in [0.2, 0.25) is 0 Å². The lowest BCUT2D eigenvalue weighted by Gasteiger charge is -2.07. The van der Waals surface area contributed by atoms with E-state index < -0.39 is 11.7 Å². The second-order valence-electron chi connectivity index (χ2n) is 4.01.